The maximum Gasteiger partial charge on any atom is 0.214 e. The quantitative estimate of drug-likeness (QED) is 0.697. The summed E-state index contributed by atoms with van der Waals surface area (Å²) in [5, 5.41) is 18.8. The third-order valence-corrected chi connectivity index (χ3v) is 5.04. The smallest absolute Gasteiger partial charge is 0.214 e. The lowest BCUT2D eigenvalue weighted by Crippen LogP contribution is -2.38. The molecule has 0 aliphatic carbocycles. The van der Waals surface area contributed by atoms with Gasteiger partial charge in [0.1, 0.15) is 11.5 Å². The third-order valence-electron chi connectivity index (χ3n) is 5.04. The van der Waals surface area contributed by atoms with Crippen molar-refractivity contribution in [3.05, 3.63) is 30.6 Å². The maximum atomic E-state index is 10.3. The molecule has 8 heteroatoms. The molecule has 0 saturated carbocycles. The number of nitrogens with zero attached hydrogens (tertiary/aromatic N) is 5. The standard InChI is InChI=1S/C20H26N6O2/c1-12(2)28-19-8-14-15(9-22-19)23-24-20(14)13-5-6-21-18(7-13)26-10-16(25(3)4)17(27)11-26/h5-9,12,16-17,27H,10-11H2,1-4H3,(H,23,24). The first-order valence-corrected chi connectivity index (χ1v) is 9.49. The normalized spacial score (nSPS) is 19.9. The summed E-state index contributed by atoms with van der Waals surface area (Å²) in [6, 6.07) is 5.97. The molecule has 8 nitrogen and oxygen atoms in total. The Morgan fingerprint density at radius 1 is 1.25 bits per heavy atom. The number of aromatic nitrogens is 4. The van der Waals surface area contributed by atoms with Crippen LogP contribution in [0.15, 0.2) is 30.6 Å². The first-order valence-electron chi connectivity index (χ1n) is 9.49. The van der Waals surface area contributed by atoms with E-state index < -0.39 is 6.10 Å². The van der Waals surface area contributed by atoms with Crippen LogP contribution in [0.2, 0.25) is 0 Å². The summed E-state index contributed by atoms with van der Waals surface area (Å²) in [4.78, 5) is 13.0. The monoisotopic (exact) mass is 382 g/mol. The molecule has 1 saturated heterocycles. The number of likely N-dealkylation sites (N-methyl/N-ethyl adjacent to an activating group) is 1. The summed E-state index contributed by atoms with van der Waals surface area (Å²) >= 11 is 0. The number of hydrogen-bond acceptors (Lipinski definition) is 7. The molecule has 0 aromatic carbocycles. The van der Waals surface area contributed by atoms with Crippen molar-refractivity contribution in [1.82, 2.24) is 25.1 Å². The van der Waals surface area contributed by atoms with Crippen LogP contribution in [0.3, 0.4) is 0 Å². The van der Waals surface area contributed by atoms with Gasteiger partial charge in [-0.15, -0.1) is 0 Å². The zero-order chi connectivity index (χ0) is 19.8. The molecule has 1 fully saturated rings. The number of β-amino-alcohol motifs (C(OH)–C–C–N with tert-alkyl or cyclic N) is 1. The second kappa shape index (κ2) is 7.37. The molecule has 2 unspecified atom stereocenters. The molecule has 0 amide bonds. The third kappa shape index (κ3) is 3.53. The lowest BCUT2D eigenvalue weighted by atomic mass is 10.1. The van der Waals surface area contributed by atoms with Crippen molar-refractivity contribution in [3.8, 4) is 17.1 Å². The Balaban J connectivity index is 1.66. The second-order valence-electron chi connectivity index (χ2n) is 7.71. The van der Waals surface area contributed by atoms with Crippen LogP contribution in [0.5, 0.6) is 5.88 Å². The fraction of sp³-hybridized carbons (Fsp3) is 0.450. The number of hydrogen-bond donors (Lipinski definition) is 2. The number of H-pyrrole nitrogens is 1. The largest absolute Gasteiger partial charge is 0.475 e. The van der Waals surface area contributed by atoms with E-state index in [0.717, 1.165) is 34.5 Å². The Hall–Kier alpha value is -2.71. The van der Waals surface area contributed by atoms with Crippen molar-refractivity contribution in [2.45, 2.75) is 32.1 Å². The van der Waals surface area contributed by atoms with Crippen LogP contribution in [-0.2, 0) is 0 Å². The number of aromatic amines is 1. The van der Waals surface area contributed by atoms with Crippen LogP contribution in [0.25, 0.3) is 22.2 Å². The molecule has 28 heavy (non-hydrogen) atoms. The number of aliphatic hydroxyl groups is 1. The van der Waals surface area contributed by atoms with Crippen molar-refractivity contribution in [2.75, 3.05) is 32.1 Å². The summed E-state index contributed by atoms with van der Waals surface area (Å²) in [5.41, 5.74) is 2.65. The topological polar surface area (TPSA) is 90.4 Å². The Labute approximate surface area is 164 Å². The first-order chi connectivity index (χ1) is 13.4. The fourth-order valence-corrected chi connectivity index (χ4v) is 3.63. The first kappa shape index (κ1) is 18.6. The van der Waals surface area contributed by atoms with E-state index in [9.17, 15) is 5.11 Å². The minimum atomic E-state index is -0.395. The van der Waals surface area contributed by atoms with E-state index in [-0.39, 0.29) is 12.1 Å². The number of ether oxygens (including phenoxy) is 1. The minimum Gasteiger partial charge on any atom is -0.475 e. The van der Waals surface area contributed by atoms with Crippen LogP contribution in [0.4, 0.5) is 5.82 Å². The van der Waals surface area contributed by atoms with Gasteiger partial charge in [-0.25, -0.2) is 9.97 Å². The Kier molecular flexibility index (Phi) is 4.91. The molecular weight excluding hydrogens is 356 g/mol. The zero-order valence-electron chi connectivity index (χ0n) is 16.6. The molecule has 2 N–H and O–H groups in total. The lowest BCUT2D eigenvalue weighted by Gasteiger charge is -2.22. The average molecular weight is 382 g/mol. The van der Waals surface area contributed by atoms with Crippen molar-refractivity contribution < 1.29 is 9.84 Å². The highest BCUT2D eigenvalue weighted by molar-refractivity contribution is 5.93. The molecule has 2 atom stereocenters. The average Bonchev–Trinajstić information content (AvgIpc) is 3.24. The number of anilines is 1. The van der Waals surface area contributed by atoms with E-state index in [1.807, 2.05) is 46.1 Å². The van der Waals surface area contributed by atoms with Gasteiger partial charge in [-0.05, 0) is 40.1 Å². The van der Waals surface area contributed by atoms with Gasteiger partial charge in [-0.1, -0.05) is 0 Å². The van der Waals surface area contributed by atoms with Crippen LogP contribution in [-0.4, -0.2) is 75.6 Å². The van der Waals surface area contributed by atoms with E-state index in [1.54, 1.807) is 12.4 Å². The van der Waals surface area contributed by atoms with Gasteiger partial charge in [0.25, 0.3) is 0 Å². The van der Waals surface area contributed by atoms with Gasteiger partial charge in [-0.2, -0.15) is 5.10 Å². The molecule has 4 rings (SSSR count). The number of pyridine rings is 2. The van der Waals surface area contributed by atoms with E-state index in [4.69, 9.17) is 4.74 Å². The molecule has 1 aliphatic heterocycles. The number of aliphatic hydroxyl groups excluding tert-OH is 1. The molecule has 0 bridgehead atoms. The number of rotatable bonds is 5. The zero-order valence-corrected chi connectivity index (χ0v) is 16.6. The molecule has 3 aromatic rings. The fourth-order valence-electron chi connectivity index (χ4n) is 3.63. The van der Waals surface area contributed by atoms with E-state index >= 15 is 0 Å². The molecule has 148 valence electrons. The van der Waals surface area contributed by atoms with E-state index in [1.165, 1.54) is 0 Å². The number of nitrogens with one attached hydrogen (secondary N) is 1. The summed E-state index contributed by atoms with van der Waals surface area (Å²) in [5.74, 6) is 1.42. The summed E-state index contributed by atoms with van der Waals surface area (Å²) in [6.45, 7) is 5.25. The van der Waals surface area contributed by atoms with Crippen molar-refractivity contribution in [3.63, 3.8) is 0 Å². The predicted octanol–water partition coefficient (Wildman–Crippen LogP) is 1.92. The van der Waals surface area contributed by atoms with E-state index in [0.29, 0.717) is 12.4 Å². The maximum absolute atomic E-state index is 10.3. The predicted molar refractivity (Wildman–Crippen MR) is 109 cm³/mol. The summed E-state index contributed by atoms with van der Waals surface area (Å²) in [6.07, 6.45) is 3.18. The van der Waals surface area contributed by atoms with Crippen molar-refractivity contribution in [2.24, 2.45) is 0 Å². The SMILES string of the molecule is CC(C)Oc1cc2c(-c3ccnc(N4CC(O)C(N(C)C)C4)c3)n[nH]c2cn1. The van der Waals surface area contributed by atoms with Gasteiger partial charge >= 0.3 is 0 Å². The van der Waals surface area contributed by atoms with Crippen LogP contribution >= 0.6 is 0 Å². The van der Waals surface area contributed by atoms with Crippen LogP contribution in [0, 0.1) is 0 Å². The Bertz CT molecular complexity index is 970. The van der Waals surface area contributed by atoms with Gasteiger partial charge in [0.05, 0.1) is 30.0 Å². The van der Waals surface area contributed by atoms with Gasteiger partial charge in [-0.3, -0.25) is 5.10 Å². The molecule has 3 aromatic heterocycles. The second-order valence-corrected chi connectivity index (χ2v) is 7.71. The van der Waals surface area contributed by atoms with Gasteiger partial charge in [0, 0.05) is 36.3 Å². The van der Waals surface area contributed by atoms with Crippen LogP contribution < -0.4 is 9.64 Å². The molecule has 1 aliphatic rings. The molecular formula is C20H26N6O2. The summed E-state index contributed by atoms with van der Waals surface area (Å²) in [7, 11) is 3.98. The Morgan fingerprint density at radius 2 is 2.07 bits per heavy atom. The van der Waals surface area contributed by atoms with Gasteiger partial charge in [0.15, 0.2) is 0 Å². The minimum absolute atomic E-state index is 0.0547. The lowest BCUT2D eigenvalue weighted by molar-refractivity contribution is 0.114. The highest BCUT2D eigenvalue weighted by Gasteiger charge is 2.33. The van der Waals surface area contributed by atoms with Crippen LogP contribution in [0.1, 0.15) is 13.8 Å². The van der Waals surface area contributed by atoms with Gasteiger partial charge in [0.2, 0.25) is 5.88 Å². The molecule has 0 spiro atoms. The van der Waals surface area contributed by atoms with Crippen molar-refractivity contribution in [1.29, 1.82) is 0 Å². The van der Waals surface area contributed by atoms with Gasteiger partial charge < -0.3 is 19.6 Å². The van der Waals surface area contributed by atoms with Crippen molar-refractivity contribution >= 4 is 16.7 Å². The summed E-state index contributed by atoms with van der Waals surface area (Å²) < 4.78 is 5.73. The van der Waals surface area contributed by atoms with E-state index in [2.05, 4.69) is 30.0 Å². The molecule has 4 heterocycles. The highest BCUT2D eigenvalue weighted by Crippen LogP contribution is 2.30. The highest BCUT2D eigenvalue weighted by atomic mass is 16.5. The Morgan fingerprint density at radius 3 is 2.79 bits per heavy atom. The number of fused-ring (bicyclic) bond motifs is 1. The molecule has 0 radical (unpaired) electrons.